The van der Waals surface area contributed by atoms with Crippen LogP contribution in [0.4, 0.5) is 4.39 Å². The molecule has 1 heterocycles. The van der Waals surface area contributed by atoms with Crippen LogP contribution in [0.1, 0.15) is 21.8 Å². The van der Waals surface area contributed by atoms with E-state index in [1.165, 1.54) is 12.1 Å². The number of nitrogens with zero attached hydrogens (tertiary/aromatic N) is 1. The molecule has 1 unspecified atom stereocenters. The molecule has 2 aromatic carbocycles. The number of Topliss-reactive ketones (excluding diaryl/α,β-unsaturated/α-hetero) is 1. The standard InChI is InChI=1S/C19H20FNO2/c20-17-8-6-15(7-9-17)18(14-21-10-12-23-13-11-21)19(22)16-4-2-1-3-5-16/h1-9,18H,10-14H2. The van der Waals surface area contributed by atoms with Crippen molar-refractivity contribution in [2.75, 3.05) is 32.8 Å². The van der Waals surface area contributed by atoms with E-state index >= 15 is 0 Å². The van der Waals surface area contributed by atoms with Crippen molar-refractivity contribution in [1.82, 2.24) is 4.90 Å². The lowest BCUT2D eigenvalue weighted by Crippen LogP contribution is -2.40. The summed E-state index contributed by atoms with van der Waals surface area (Å²) in [6, 6.07) is 15.5. The summed E-state index contributed by atoms with van der Waals surface area (Å²) in [6.07, 6.45) is 0. The highest BCUT2D eigenvalue weighted by atomic mass is 19.1. The van der Waals surface area contributed by atoms with Crippen molar-refractivity contribution >= 4 is 5.78 Å². The van der Waals surface area contributed by atoms with Gasteiger partial charge in [-0.3, -0.25) is 9.69 Å². The fourth-order valence-corrected chi connectivity index (χ4v) is 2.88. The molecule has 1 aliphatic heterocycles. The predicted octanol–water partition coefficient (Wildman–Crippen LogP) is 3.12. The lowest BCUT2D eigenvalue weighted by Gasteiger charge is -2.30. The molecule has 120 valence electrons. The topological polar surface area (TPSA) is 29.5 Å². The molecule has 1 atom stereocenters. The number of benzene rings is 2. The molecule has 0 radical (unpaired) electrons. The van der Waals surface area contributed by atoms with Gasteiger partial charge < -0.3 is 4.74 Å². The zero-order valence-electron chi connectivity index (χ0n) is 13.0. The normalized spacial score (nSPS) is 16.9. The predicted molar refractivity (Wildman–Crippen MR) is 87.2 cm³/mol. The van der Waals surface area contributed by atoms with E-state index in [1.807, 2.05) is 30.3 Å². The zero-order valence-corrected chi connectivity index (χ0v) is 13.0. The summed E-state index contributed by atoms with van der Waals surface area (Å²) in [7, 11) is 0. The Bertz CT molecular complexity index is 636. The smallest absolute Gasteiger partial charge is 0.171 e. The van der Waals surface area contributed by atoms with E-state index < -0.39 is 0 Å². The third-order valence-corrected chi connectivity index (χ3v) is 4.19. The molecule has 0 saturated carbocycles. The Balaban J connectivity index is 1.86. The molecule has 0 N–H and O–H groups in total. The molecule has 0 aliphatic carbocycles. The summed E-state index contributed by atoms with van der Waals surface area (Å²) in [4.78, 5) is 15.2. The molecular weight excluding hydrogens is 293 g/mol. The van der Waals surface area contributed by atoms with Gasteiger partial charge in [0.1, 0.15) is 5.82 Å². The average molecular weight is 313 g/mol. The molecule has 2 aromatic rings. The van der Waals surface area contributed by atoms with Crippen molar-refractivity contribution in [3.63, 3.8) is 0 Å². The lowest BCUT2D eigenvalue weighted by molar-refractivity contribution is 0.0345. The Labute approximate surface area is 135 Å². The molecule has 4 heteroatoms. The Morgan fingerprint density at radius 3 is 2.35 bits per heavy atom. The number of carbonyl (C=O) groups is 1. The maximum Gasteiger partial charge on any atom is 0.171 e. The fraction of sp³-hybridized carbons (Fsp3) is 0.316. The van der Waals surface area contributed by atoms with Crippen LogP contribution in [0.2, 0.25) is 0 Å². The van der Waals surface area contributed by atoms with Gasteiger partial charge >= 0.3 is 0 Å². The molecule has 0 aromatic heterocycles. The quantitative estimate of drug-likeness (QED) is 0.794. The van der Waals surface area contributed by atoms with Crippen molar-refractivity contribution in [2.24, 2.45) is 0 Å². The molecule has 1 aliphatic rings. The number of ether oxygens (including phenoxy) is 1. The maximum atomic E-state index is 13.2. The first kappa shape index (κ1) is 15.8. The molecular formula is C19H20FNO2. The number of hydrogen-bond acceptors (Lipinski definition) is 3. The van der Waals surface area contributed by atoms with Gasteiger partial charge in [0.2, 0.25) is 0 Å². The molecule has 0 bridgehead atoms. The summed E-state index contributed by atoms with van der Waals surface area (Å²) in [5, 5.41) is 0. The summed E-state index contributed by atoms with van der Waals surface area (Å²) in [6.45, 7) is 3.65. The molecule has 23 heavy (non-hydrogen) atoms. The monoisotopic (exact) mass is 313 g/mol. The van der Waals surface area contributed by atoms with Gasteiger partial charge in [-0.05, 0) is 17.7 Å². The van der Waals surface area contributed by atoms with Crippen LogP contribution in [0.25, 0.3) is 0 Å². The van der Waals surface area contributed by atoms with Crippen molar-refractivity contribution in [2.45, 2.75) is 5.92 Å². The maximum absolute atomic E-state index is 13.2. The van der Waals surface area contributed by atoms with Gasteiger partial charge in [-0.15, -0.1) is 0 Å². The van der Waals surface area contributed by atoms with Crippen LogP contribution in [0.15, 0.2) is 54.6 Å². The Hall–Kier alpha value is -2.04. The SMILES string of the molecule is O=C(c1ccccc1)C(CN1CCOCC1)c1ccc(F)cc1. The highest BCUT2D eigenvalue weighted by Crippen LogP contribution is 2.23. The van der Waals surface area contributed by atoms with Crippen LogP contribution in [0.3, 0.4) is 0 Å². The van der Waals surface area contributed by atoms with Gasteiger partial charge in [0.25, 0.3) is 0 Å². The minimum Gasteiger partial charge on any atom is -0.379 e. The number of halogens is 1. The third kappa shape index (κ3) is 4.03. The molecule has 0 spiro atoms. The highest BCUT2D eigenvalue weighted by molar-refractivity contribution is 6.01. The Kier molecular flexibility index (Phi) is 5.16. The van der Waals surface area contributed by atoms with E-state index in [9.17, 15) is 9.18 Å². The first-order valence-electron chi connectivity index (χ1n) is 7.89. The molecule has 3 rings (SSSR count). The molecule has 0 amide bonds. The van der Waals surface area contributed by atoms with Gasteiger partial charge in [0, 0.05) is 25.2 Å². The van der Waals surface area contributed by atoms with Gasteiger partial charge in [0.05, 0.1) is 19.1 Å². The van der Waals surface area contributed by atoms with Gasteiger partial charge in [-0.25, -0.2) is 4.39 Å². The van der Waals surface area contributed by atoms with Crippen LogP contribution >= 0.6 is 0 Å². The molecule has 1 saturated heterocycles. The summed E-state index contributed by atoms with van der Waals surface area (Å²) >= 11 is 0. The van der Waals surface area contributed by atoms with Crippen LogP contribution < -0.4 is 0 Å². The number of hydrogen-bond donors (Lipinski definition) is 0. The lowest BCUT2D eigenvalue weighted by atomic mass is 9.90. The van der Waals surface area contributed by atoms with Crippen molar-refractivity contribution in [3.8, 4) is 0 Å². The second-order valence-electron chi connectivity index (χ2n) is 5.75. The first-order valence-corrected chi connectivity index (χ1v) is 7.89. The largest absolute Gasteiger partial charge is 0.379 e. The summed E-state index contributed by atoms with van der Waals surface area (Å²) in [5.74, 6) is -0.508. The second-order valence-corrected chi connectivity index (χ2v) is 5.75. The third-order valence-electron chi connectivity index (χ3n) is 4.19. The van der Waals surface area contributed by atoms with Crippen molar-refractivity contribution in [3.05, 3.63) is 71.5 Å². The first-order chi connectivity index (χ1) is 11.2. The van der Waals surface area contributed by atoms with E-state index in [0.717, 1.165) is 18.7 Å². The van der Waals surface area contributed by atoms with Crippen molar-refractivity contribution in [1.29, 1.82) is 0 Å². The summed E-state index contributed by atoms with van der Waals surface area (Å²) < 4.78 is 18.6. The molecule has 3 nitrogen and oxygen atoms in total. The average Bonchev–Trinajstić information content (AvgIpc) is 2.62. The summed E-state index contributed by atoms with van der Waals surface area (Å²) in [5.41, 5.74) is 1.54. The van der Waals surface area contributed by atoms with E-state index in [2.05, 4.69) is 4.90 Å². The van der Waals surface area contributed by atoms with Gasteiger partial charge in [-0.1, -0.05) is 42.5 Å². The van der Waals surface area contributed by atoms with Crippen LogP contribution in [-0.4, -0.2) is 43.5 Å². The van der Waals surface area contributed by atoms with E-state index in [1.54, 1.807) is 12.1 Å². The number of rotatable bonds is 5. The van der Waals surface area contributed by atoms with Crippen LogP contribution in [0, 0.1) is 5.82 Å². The number of morpholine rings is 1. The second kappa shape index (κ2) is 7.49. The highest BCUT2D eigenvalue weighted by Gasteiger charge is 2.25. The number of ketones is 1. The Morgan fingerprint density at radius 2 is 1.70 bits per heavy atom. The van der Waals surface area contributed by atoms with E-state index in [0.29, 0.717) is 25.3 Å². The minimum absolute atomic E-state index is 0.0729. The van der Waals surface area contributed by atoms with Crippen molar-refractivity contribution < 1.29 is 13.9 Å². The van der Waals surface area contributed by atoms with Gasteiger partial charge in [0.15, 0.2) is 5.78 Å². The minimum atomic E-state index is -0.295. The Morgan fingerprint density at radius 1 is 1.04 bits per heavy atom. The fourth-order valence-electron chi connectivity index (χ4n) is 2.88. The van der Waals surface area contributed by atoms with E-state index in [4.69, 9.17) is 4.74 Å². The zero-order chi connectivity index (χ0) is 16.1. The number of carbonyl (C=O) groups excluding carboxylic acids is 1. The van der Waals surface area contributed by atoms with Crippen LogP contribution in [-0.2, 0) is 4.74 Å². The van der Waals surface area contributed by atoms with Gasteiger partial charge in [-0.2, -0.15) is 0 Å². The molecule has 1 fully saturated rings. The van der Waals surface area contributed by atoms with E-state index in [-0.39, 0.29) is 17.5 Å². The van der Waals surface area contributed by atoms with Crippen LogP contribution in [0.5, 0.6) is 0 Å².